The summed E-state index contributed by atoms with van der Waals surface area (Å²) in [6.07, 6.45) is 0.169. The van der Waals surface area contributed by atoms with Gasteiger partial charge in [0.05, 0.1) is 30.3 Å². The lowest BCUT2D eigenvalue weighted by molar-refractivity contribution is -0.127. The average molecular weight is 549 g/mol. The fourth-order valence-corrected chi connectivity index (χ4v) is 5.64. The molecule has 0 saturated heterocycles. The predicted octanol–water partition coefficient (Wildman–Crippen LogP) is 4.86. The molecular weight excluding hydrogens is 512 g/mol. The average Bonchev–Trinajstić information content (AvgIpc) is 3.34. The molecule has 2 aliphatic heterocycles. The maximum absolute atomic E-state index is 13.9. The fourth-order valence-electron chi connectivity index (χ4n) is 4.67. The van der Waals surface area contributed by atoms with E-state index in [-0.39, 0.29) is 18.2 Å². The Balaban J connectivity index is 1.68. The zero-order valence-corrected chi connectivity index (χ0v) is 23.8. The van der Waals surface area contributed by atoms with Crippen molar-refractivity contribution in [3.05, 3.63) is 88.1 Å². The number of amides is 2. The largest absolute Gasteiger partial charge is 0.489 e. The lowest BCUT2D eigenvalue weighted by Crippen LogP contribution is -2.42. The maximum atomic E-state index is 13.9. The van der Waals surface area contributed by atoms with Gasteiger partial charge in [-0.25, -0.2) is 4.99 Å². The molecular formula is C30H36N4O4S. The molecule has 0 saturated carbocycles. The Morgan fingerprint density at radius 1 is 1.10 bits per heavy atom. The summed E-state index contributed by atoms with van der Waals surface area (Å²) < 4.78 is 11.2. The number of amidine groups is 1. The number of hydrogen-bond acceptors (Lipinski definition) is 7. The van der Waals surface area contributed by atoms with Crippen molar-refractivity contribution in [1.82, 2.24) is 15.1 Å². The van der Waals surface area contributed by atoms with Crippen molar-refractivity contribution < 1.29 is 19.1 Å². The fraction of sp³-hybridized carbons (Fsp3) is 0.367. The summed E-state index contributed by atoms with van der Waals surface area (Å²) in [4.78, 5) is 35.3. The van der Waals surface area contributed by atoms with Crippen LogP contribution in [0.5, 0.6) is 5.75 Å². The number of rotatable bonds is 12. The van der Waals surface area contributed by atoms with Crippen LogP contribution < -0.4 is 10.1 Å². The van der Waals surface area contributed by atoms with Gasteiger partial charge in [0.2, 0.25) is 5.91 Å². The molecule has 8 nitrogen and oxygen atoms in total. The first-order valence-electron chi connectivity index (χ1n) is 13.2. The van der Waals surface area contributed by atoms with Gasteiger partial charge in [-0.2, -0.15) is 0 Å². The van der Waals surface area contributed by atoms with E-state index in [0.717, 1.165) is 22.0 Å². The molecule has 0 aliphatic carbocycles. The Morgan fingerprint density at radius 2 is 1.87 bits per heavy atom. The van der Waals surface area contributed by atoms with Crippen LogP contribution in [0.25, 0.3) is 0 Å². The minimum absolute atomic E-state index is 0.0540. The smallest absolute Gasteiger partial charge is 0.254 e. The van der Waals surface area contributed by atoms with E-state index in [4.69, 9.17) is 14.5 Å². The van der Waals surface area contributed by atoms with Gasteiger partial charge in [-0.1, -0.05) is 54.2 Å². The summed E-state index contributed by atoms with van der Waals surface area (Å²) in [7, 11) is 1.60. The Hall–Kier alpha value is -3.56. The molecule has 0 bridgehead atoms. The van der Waals surface area contributed by atoms with Crippen LogP contribution in [0.3, 0.4) is 0 Å². The SMILES string of the molecule is CCN(CC)C(=O)C1=C(C)N=C2SC=C(CC(=O)NCCOC)N2C1c1cccc(OCc2ccccc2)c1. The maximum Gasteiger partial charge on any atom is 0.254 e. The van der Waals surface area contributed by atoms with Crippen LogP contribution in [-0.4, -0.2) is 60.1 Å². The second-order valence-corrected chi connectivity index (χ2v) is 10.1. The number of methoxy groups -OCH3 is 1. The van der Waals surface area contributed by atoms with Gasteiger partial charge in [0, 0.05) is 32.4 Å². The van der Waals surface area contributed by atoms with Gasteiger partial charge in [0.25, 0.3) is 5.91 Å². The van der Waals surface area contributed by atoms with Gasteiger partial charge in [0.15, 0.2) is 5.17 Å². The van der Waals surface area contributed by atoms with E-state index in [1.165, 1.54) is 11.8 Å². The molecule has 2 aromatic rings. The van der Waals surface area contributed by atoms with Crippen molar-refractivity contribution in [2.45, 2.75) is 39.8 Å². The van der Waals surface area contributed by atoms with E-state index in [1.807, 2.05) is 90.6 Å². The molecule has 9 heteroatoms. The van der Waals surface area contributed by atoms with Crippen LogP contribution in [0.15, 0.2) is 82.0 Å². The highest BCUT2D eigenvalue weighted by atomic mass is 32.2. The standard InChI is InChI=1S/C30H36N4O4S/c1-5-33(6-2)29(36)27-21(3)32-30-34(24(20-39-30)18-26(35)31-15-16-37-4)28(27)23-13-10-14-25(17-23)38-19-22-11-8-7-9-12-22/h7-14,17,20,28H,5-6,15-16,18-19H2,1-4H3,(H,31,35). The minimum atomic E-state index is -0.445. The number of nitrogens with one attached hydrogen (secondary N) is 1. The molecule has 206 valence electrons. The zero-order chi connectivity index (χ0) is 27.8. The van der Waals surface area contributed by atoms with Gasteiger partial charge in [0.1, 0.15) is 12.4 Å². The predicted molar refractivity (Wildman–Crippen MR) is 155 cm³/mol. The van der Waals surface area contributed by atoms with Crippen molar-refractivity contribution in [1.29, 1.82) is 0 Å². The van der Waals surface area contributed by atoms with Crippen molar-refractivity contribution in [2.75, 3.05) is 33.4 Å². The molecule has 2 aliphatic rings. The lowest BCUT2D eigenvalue weighted by atomic mass is 9.92. The Kier molecular flexibility index (Phi) is 9.84. The number of fused-ring (bicyclic) bond motifs is 1. The molecule has 0 radical (unpaired) electrons. The van der Waals surface area contributed by atoms with E-state index < -0.39 is 6.04 Å². The third-order valence-corrected chi connectivity index (χ3v) is 7.56. The molecule has 1 N–H and O–H groups in total. The van der Waals surface area contributed by atoms with Gasteiger partial charge >= 0.3 is 0 Å². The third-order valence-electron chi connectivity index (χ3n) is 6.67. The van der Waals surface area contributed by atoms with Crippen molar-refractivity contribution >= 4 is 28.7 Å². The Morgan fingerprint density at radius 3 is 2.59 bits per heavy atom. The molecule has 2 aromatic carbocycles. The molecule has 1 unspecified atom stereocenters. The van der Waals surface area contributed by atoms with Crippen LogP contribution in [0, 0.1) is 0 Å². The molecule has 0 aromatic heterocycles. The summed E-state index contributed by atoms with van der Waals surface area (Å²) in [5.41, 5.74) is 4.06. The first-order chi connectivity index (χ1) is 19.0. The zero-order valence-electron chi connectivity index (χ0n) is 23.0. The van der Waals surface area contributed by atoms with Gasteiger partial charge in [-0.3, -0.25) is 9.59 Å². The summed E-state index contributed by atoms with van der Waals surface area (Å²) >= 11 is 1.47. The number of likely N-dealkylation sites (N-methyl/N-ethyl adjacent to an activating group) is 1. The van der Waals surface area contributed by atoms with Crippen LogP contribution in [-0.2, 0) is 20.9 Å². The topological polar surface area (TPSA) is 83.5 Å². The number of hydrogen-bond donors (Lipinski definition) is 1. The van der Waals surface area contributed by atoms with Gasteiger partial charge in [-0.05, 0) is 49.4 Å². The highest BCUT2D eigenvalue weighted by Crippen LogP contribution is 2.45. The number of aliphatic imine (C=N–C) groups is 1. The van der Waals surface area contributed by atoms with Gasteiger partial charge < -0.3 is 24.6 Å². The second kappa shape index (κ2) is 13.5. The van der Waals surface area contributed by atoms with E-state index in [0.29, 0.717) is 49.9 Å². The number of carbonyl (C=O) groups is 2. The number of carbonyl (C=O) groups excluding carboxylic acids is 2. The first-order valence-corrected chi connectivity index (χ1v) is 14.1. The van der Waals surface area contributed by atoms with Gasteiger partial charge in [-0.15, -0.1) is 0 Å². The Bertz CT molecular complexity index is 1270. The monoisotopic (exact) mass is 548 g/mol. The van der Waals surface area contributed by atoms with Crippen LogP contribution in [0.2, 0.25) is 0 Å². The number of allylic oxidation sites excluding steroid dienone is 1. The van der Waals surface area contributed by atoms with Crippen molar-refractivity contribution in [3.63, 3.8) is 0 Å². The number of ether oxygens (including phenoxy) is 2. The highest BCUT2D eigenvalue weighted by molar-refractivity contribution is 8.16. The normalized spacial score (nSPS) is 16.4. The van der Waals surface area contributed by atoms with E-state index in [9.17, 15) is 9.59 Å². The molecule has 39 heavy (non-hydrogen) atoms. The van der Waals surface area contributed by atoms with Crippen molar-refractivity contribution in [2.24, 2.45) is 4.99 Å². The number of thioether (sulfide) groups is 1. The van der Waals surface area contributed by atoms with E-state index >= 15 is 0 Å². The summed E-state index contributed by atoms with van der Waals surface area (Å²) in [6, 6.07) is 17.4. The van der Waals surface area contributed by atoms with E-state index in [1.54, 1.807) is 7.11 Å². The quantitative estimate of drug-likeness (QED) is 0.382. The van der Waals surface area contributed by atoms with E-state index in [2.05, 4.69) is 5.32 Å². The molecule has 2 heterocycles. The molecule has 0 fully saturated rings. The Labute approximate surface area is 234 Å². The molecule has 4 rings (SSSR count). The second-order valence-electron chi connectivity index (χ2n) is 9.24. The lowest BCUT2D eigenvalue weighted by Gasteiger charge is -2.38. The molecule has 0 spiro atoms. The molecule has 1 atom stereocenters. The minimum Gasteiger partial charge on any atom is -0.489 e. The molecule has 2 amide bonds. The summed E-state index contributed by atoms with van der Waals surface area (Å²) in [6.45, 7) is 8.34. The van der Waals surface area contributed by atoms with Crippen LogP contribution in [0.1, 0.15) is 44.4 Å². The number of nitrogens with zero attached hydrogens (tertiary/aromatic N) is 3. The first kappa shape index (κ1) is 28.4. The van der Waals surface area contributed by atoms with Crippen LogP contribution >= 0.6 is 11.8 Å². The van der Waals surface area contributed by atoms with Crippen molar-refractivity contribution in [3.8, 4) is 5.75 Å². The third kappa shape index (κ3) is 6.72. The summed E-state index contributed by atoms with van der Waals surface area (Å²) in [5, 5.41) is 5.60. The highest BCUT2D eigenvalue weighted by Gasteiger charge is 2.41. The van der Waals surface area contributed by atoms with Crippen LogP contribution in [0.4, 0.5) is 0 Å². The summed E-state index contributed by atoms with van der Waals surface area (Å²) in [5.74, 6) is 0.547. The number of benzene rings is 2.